The minimum atomic E-state index is -0.0383. The molecule has 0 heterocycles. The van der Waals surface area contributed by atoms with Crippen LogP contribution in [0.5, 0.6) is 0 Å². The van der Waals surface area contributed by atoms with Crippen LogP contribution in [-0.4, -0.2) is 18.5 Å². The van der Waals surface area contributed by atoms with E-state index < -0.39 is 0 Å². The van der Waals surface area contributed by atoms with Gasteiger partial charge in [0, 0.05) is 12.1 Å². The molecule has 0 aromatic heterocycles. The average Bonchev–Trinajstić information content (AvgIpc) is 2.45. The first-order valence-electron chi connectivity index (χ1n) is 5.99. The van der Waals surface area contributed by atoms with Crippen molar-refractivity contribution >= 4 is 12.0 Å². The number of carbonyl (C=O) groups excluding carboxylic acids is 1. The Morgan fingerprint density at radius 3 is 2.22 bits per heavy atom. The Morgan fingerprint density at radius 1 is 0.944 bits per heavy atom. The van der Waals surface area contributed by atoms with Gasteiger partial charge in [0.1, 0.15) is 0 Å². The van der Waals surface area contributed by atoms with Crippen molar-refractivity contribution in [1.29, 1.82) is 0 Å². The molecule has 0 unspecified atom stereocenters. The number of rotatable bonds is 5. The number of Topliss-reactive ketones (excluding diaryl/α,β-unsaturated/α-hetero) is 1. The number of ketones is 1. The number of hydrogen-bond acceptors (Lipinski definition) is 2. The predicted molar refractivity (Wildman–Crippen MR) is 74.3 cm³/mol. The largest absolute Gasteiger partial charge is 0.289 e. The van der Waals surface area contributed by atoms with Gasteiger partial charge in [0.05, 0.1) is 6.21 Å². The summed E-state index contributed by atoms with van der Waals surface area (Å²) in [5, 5.41) is 0. The van der Waals surface area contributed by atoms with Crippen molar-refractivity contribution in [3.8, 4) is 0 Å². The van der Waals surface area contributed by atoms with Gasteiger partial charge in [0.2, 0.25) is 5.78 Å². The van der Waals surface area contributed by atoms with Gasteiger partial charge in [-0.1, -0.05) is 60.7 Å². The molecule has 2 aromatic rings. The lowest BCUT2D eigenvalue weighted by Crippen LogP contribution is -2.01. The number of hydrogen-bond donors (Lipinski definition) is 0. The van der Waals surface area contributed by atoms with E-state index in [1.807, 2.05) is 36.4 Å². The van der Waals surface area contributed by atoms with E-state index in [0.717, 1.165) is 6.42 Å². The maximum Gasteiger partial charge on any atom is 0.203 e. The van der Waals surface area contributed by atoms with Gasteiger partial charge >= 0.3 is 0 Å². The lowest BCUT2D eigenvalue weighted by atomic mass is 10.1. The second-order valence-corrected chi connectivity index (χ2v) is 4.00. The topological polar surface area (TPSA) is 29.4 Å². The summed E-state index contributed by atoms with van der Waals surface area (Å²) in [6.07, 6.45) is 2.28. The van der Waals surface area contributed by atoms with E-state index in [1.54, 1.807) is 12.1 Å². The molecule has 0 atom stereocenters. The summed E-state index contributed by atoms with van der Waals surface area (Å²) in [4.78, 5) is 15.9. The van der Waals surface area contributed by atoms with E-state index in [2.05, 4.69) is 17.1 Å². The fraction of sp³-hybridized carbons (Fsp3) is 0.125. The molecule has 0 amide bonds. The molecule has 2 nitrogen and oxygen atoms in total. The fourth-order valence-electron chi connectivity index (χ4n) is 1.66. The molecule has 2 heteroatoms. The van der Waals surface area contributed by atoms with Crippen LogP contribution in [0.4, 0.5) is 0 Å². The molecule has 0 radical (unpaired) electrons. The van der Waals surface area contributed by atoms with Crippen LogP contribution in [0.15, 0.2) is 65.7 Å². The monoisotopic (exact) mass is 237 g/mol. The maximum atomic E-state index is 11.7. The quantitative estimate of drug-likeness (QED) is 0.580. The molecule has 0 fully saturated rings. The van der Waals surface area contributed by atoms with Crippen molar-refractivity contribution in [2.75, 3.05) is 6.54 Å². The number of benzene rings is 2. The summed E-state index contributed by atoms with van der Waals surface area (Å²) in [5.74, 6) is -0.0383. The third-order valence-electron chi connectivity index (χ3n) is 2.64. The molecular weight excluding hydrogens is 222 g/mol. The first kappa shape index (κ1) is 12.2. The van der Waals surface area contributed by atoms with Crippen LogP contribution in [0, 0.1) is 0 Å². The number of aliphatic imine (C=N–C) groups is 1. The summed E-state index contributed by atoms with van der Waals surface area (Å²) >= 11 is 0. The summed E-state index contributed by atoms with van der Waals surface area (Å²) in [6.45, 7) is 0.641. The van der Waals surface area contributed by atoms with Crippen LogP contribution in [0.3, 0.4) is 0 Å². The molecule has 0 spiro atoms. The van der Waals surface area contributed by atoms with Crippen LogP contribution >= 0.6 is 0 Å². The molecule has 90 valence electrons. The van der Waals surface area contributed by atoms with E-state index in [1.165, 1.54) is 11.8 Å². The predicted octanol–water partition coefficient (Wildman–Crippen LogP) is 3.18. The molecule has 0 saturated heterocycles. The smallest absolute Gasteiger partial charge is 0.203 e. The maximum absolute atomic E-state index is 11.7. The lowest BCUT2D eigenvalue weighted by molar-refractivity contribution is 0.107. The molecule has 0 aliphatic rings. The van der Waals surface area contributed by atoms with E-state index >= 15 is 0 Å². The summed E-state index contributed by atoms with van der Waals surface area (Å²) < 4.78 is 0. The summed E-state index contributed by atoms with van der Waals surface area (Å²) in [6, 6.07) is 19.3. The molecule has 0 bridgehead atoms. The molecule has 0 N–H and O–H groups in total. The highest BCUT2D eigenvalue weighted by Crippen LogP contribution is 2.00. The second-order valence-electron chi connectivity index (χ2n) is 4.00. The standard InChI is InChI=1S/C16H15NO/c18-16(15-9-5-2-6-10-15)13-17-12-11-14-7-3-1-4-8-14/h1-10,13H,11-12H2. The number of nitrogens with zero attached hydrogens (tertiary/aromatic N) is 1. The van der Waals surface area contributed by atoms with E-state index in [4.69, 9.17) is 0 Å². The van der Waals surface area contributed by atoms with Gasteiger partial charge in [-0.3, -0.25) is 9.79 Å². The van der Waals surface area contributed by atoms with Crippen molar-refractivity contribution < 1.29 is 4.79 Å². The highest BCUT2D eigenvalue weighted by atomic mass is 16.1. The second kappa shape index (κ2) is 6.50. The van der Waals surface area contributed by atoms with Crippen molar-refractivity contribution in [2.24, 2.45) is 4.99 Å². The summed E-state index contributed by atoms with van der Waals surface area (Å²) in [7, 11) is 0. The van der Waals surface area contributed by atoms with Crippen LogP contribution in [0.25, 0.3) is 0 Å². The summed E-state index contributed by atoms with van der Waals surface area (Å²) in [5.41, 5.74) is 1.92. The first-order valence-corrected chi connectivity index (χ1v) is 5.99. The Bertz CT molecular complexity index is 517. The van der Waals surface area contributed by atoms with Crippen LogP contribution < -0.4 is 0 Å². The number of carbonyl (C=O) groups is 1. The Morgan fingerprint density at radius 2 is 1.56 bits per heavy atom. The van der Waals surface area contributed by atoms with Gasteiger partial charge in [0.25, 0.3) is 0 Å². The van der Waals surface area contributed by atoms with E-state index in [0.29, 0.717) is 12.1 Å². The van der Waals surface area contributed by atoms with Gasteiger partial charge in [-0.2, -0.15) is 0 Å². The third-order valence-corrected chi connectivity index (χ3v) is 2.64. The van der Waals surface area contributed by atoms with E-state index in [-0.39, 0.29) is 5.78 Å². The van der Waals surface area contributed by atoms with Gasteiger partial charge < -0.3 is 0 Å². The Hall–Kier alpha value is -2.22. The van der Waals surface area contributed by atoms with Crippen molar-refractivity contribution in [2.45, 2.75) is 6.42 Å². The lowest BCUT2D eigenvalue weighted by Gasteiger charge is -1.97. The zero-order chi connectivity index (χ0) is 12.6. The minimum Gasteiger partial charge on any atom is -0.289 e. The molecule has 18 heavy (non-hydrogen) atoms. The molecule has 0 aliphatic heterocycles. The Balaban J connectivity index is 1.84. The van der Waals surface area contributed by atoms with Crippen LogP contribution in [0.2, 0.25) is 0 Å². The Labute approximate surface area is 107 Å². The molecule has 2 rings (SSSR count). The normalized spacial score (nSPS) is 10.7. The fourth-order valence-corrected chi connectivity index (χ4v) is 1.66. The first-order chi connectivity index (χ1) is 8.86. The van der Waals surface area contributed by atoms with Crippen molar-refractivity contribution in [3.63, 3.8) is 0 Å². The van der Waals surface area contributed by atoms with Crippen LogP contribution in [-0.2, 0) is 6.42 Å². The molecular formula is C16H15NO. The van der Waals surface area contributed by atoms with Crippen molar-refractivity contribution in [3.05, 3.63) is 71.8 Å². The highest BCUT2D eigenvalue weighted by Gasteiger charge is 1.99. The zero-order valence-electron chi connectivity index (χ0n) is 10.1. The average molecular weight is 237 g/mol. The van der Waals surface area contributed by atoms with Gasteiger partial charge in [-0.25, -0.2) is 0 Å². The third kappa shape index (κ3) is 3.67. The van der Waals surface area contributed by atoms with Gasteiger partial charge in [0.15, 0.2) is 0 Å². The Kier molecular flexibility index (Phi) is 4.42. The van der Waals surface area contributed by atoms with Gasteiger partial charge in [-0.15, -0.1) is 0 Å². The molecule has 0 saturated carbocycles. The SMILES string of the molecule is O=C(C=NCCc1ccccc1)c1ccccc1. The van der Waals surface area contributed by atoms with Crippen LogP contribution in [0.1, 0.15) is 15.9 Å². The minimum absolute atomic E-state index is 0.0383. The molecule has 2 aromatic carbocycles. The van der Waals surface area contributed by atoms with E-state index in [9.17, 15) is 4.79 Å². The van der Waals surface area contributed by atoms with Gasteiger partial charge in [-0.05, 0) is 12.0 Å². The van der Waals surface area contributed by atoms with Crippen molar-refractivity contribution in [1.82, 2.24) is 0 Å². The molecule has 0 aliphatic carbocycles. The highest BCUT2D eigenvalue weighted by molar-refractivity contribution is 6.35. The zero-order valence-corrected chi connectivity index (χ0v) is 10.1.